The number of carbonyl (C=O) groups excluding carboxylic acids is 1. The van der Waals surface area contributed by atoms with Gasteiger partial charge in [0.15, 0.2) is 5.58 Å². The molecule has 150 valence electrons. The van der Waals surface area contributed by atoms with Gasteiger partial charge in [-0.25, -0.2) is 9.78 Å². The highest BCUT2D eigenvalue weighted by Gasteiger charge is 2.33. The zero-order valence-electron chi connectivity index (χ0n) is 16.8. The van der Waals surface area contributed by atoms with Crippen LogP contribution in [0.5, 0.6) is 0 Å². The molecule has 1 atom stereocenters. The third kappa shape index (κ3) is 3.54. The molecule has 1 unspecified atom stereocenters. The Morgan fingerprint density at radius 2 is 1.83 bits per heavy atom. The molecule has 0 aliphatic carbocycles. The number of rotatable bonds is 3. The molecule has 1 aliphatic heterocycles. The van der Waals surface area contributed by atoms with E-state index in [2.05, 4.69) is 17.4 Å². The summed E-state index contributed by atoms with van der Waals surface area (Å²) in [6.45, 7) is 2.72. The van der Waals surface area contributed by atoms with Crippen LogP contribution in [0.3, 0.4) is 0 Å². The second kappa shape index (κ2) is 7.67. The molecule has 1 fully saturated rings. The zero-order chi connectivity index (χ0) is 20.5. The van der Waals surface area contributed by atoms with Gasteiger partial charge in [-0.2, -0.15) is 0 Å². The average molecular weight is 397 g/mol. The Balaban J connectivity index is 1.39. The van der Waals surface area contributed by atoms with Gasteiger partial charge in [-0.15, -0.1) is 0 Å². The van der Waals surface area contributed by atoms with E-state index in [1.54, 1.807) is 0 Å². The minimum Gasteiger partial charge on any atom is -0.438 e. The van der Waals surface area contributed by atoms with Crippen LogP contribution in [-0.4, -0.2) is 22.5 Å². The summed E-state index contributed by atoms with van der Waals surface area (Å²) in [6, 6.07) is 23.8. The Morgan fingerprint density at radius 3 is 2.63 bits per heavy atom. The number of oxazole rings is 1. The molecule has 30 heavy (non-hydrogen) atoms. The summed E-state index contributed by atoms with van der Waals surface area (Å²) in [5.74, 6) is 0.603. The molecule has 5 heteroatoms. The van der Waals surface area contributed by atoms with Gasteiger partial charge in [-0.1, -0.05) is 54.1 Å². The summed E-state index contributed by atoms with van der Waals surface area (Å²) in [6.07, 6.45) is 1.78. The van der Waals surface area contributed by atoms with Gasteiger partial charge in [-0.05, 0) is 55.2 Å². The van der Waals surface area contributed by atoms with Crippen molar-refractivity contribution >= 4 is 22.8 Å². The van der Waals surface area contributed by atoms with Crippen molar-refractivity contribution in [3.63, 3.8) is 0 Å². The van der Waals surface area contributed by atoms with Crippen LogP contribution in [0, 0.1) is 6.92 Å². The second-order valence-corrected chi connectivity index (χ2v) is 7.75. The number of anilines is 1. The van der Waals surface area contributed by atoms with Crippen LogP contribution in [0.25, 0.3) is 22.2 Å². The third-order valence-corrected chi connectivity index (χ3v) is 5.61. The molecule has 4 aromatic rings. The number of aryl methyl sites for hydroxylation is 1. The first-order valence-electron chi connectivity index (χ1n) is 10.3. The molecule has 1 saturated heterocycles. The van der Waals surface area contributed by atoms with Gasteiger partial charge in [0.25, 0.3) is 0 Å². The van der Waals surface area contributed by atoms with Crippen molar-refractivity contribution in [3.8, 4) is 11.1 Å². The SMILES string of the molecule is Cc1ccc(NC(=O)N2CCCC2c2nc3cc(-c4ccccc4)ccc3o2)cc1. The van der Waals surface area contributed by atoms with Gasteiger partial charge in [0.1, 0.15) is 11.6 Å². The monoisotopic (exact) mass is 397 g/mol. The lowest BCUT2D eigenvalue weighted by Crippen LogP contribution is -2.34. The number of nitrogens with zero attached hydrogens (tertiary/aromatic N) is 2. The second-order valence-electron chi connectivity index (χ2n) is 7.75. The molecule has 2 heterocycles. The Labute approximate surface area is 175 Å². The topological polar surface area (TPSA) is 58.4 Å². The van der Waals surface area contributed by atoms with Crippen molar-refractivity contribution in [3.05, 3.63) is 84.3 Å². The van der Waals surface area contributed by atoms with Crippen LogP contribution < -0.4 is 5.32 Å². The van der Waals surface area contributed by atoms with Crippen molar-refractivity contribution in [2.24, 2.45) is 0 Å². The number of likely N-dealkylation sites (tertiary alicyclic amines) is 1. The summed E-state index contributed by atoms with van der Waals surface area (Å²) in [5, 5.41) is 2.99. The molecule has 0 spiro atoms. The first-order chi connectivity index (χ1) is 14.7. The highest BCUT2D eigenvalue weighted by Crippen LogP contribution is 2.34. The number of amides is 2. The molecule has 1 N–H and O–H groups in total. The Kier molecular flexibility index (Phi) is 4.71. The minimum atomic E-state index is -0.150. The molecular weight excluding hydrogens is 374 g/mol. The highest BCUT2D eigenvalue weighted by atomic mass is 16.4. The smallest absolute Gasteiger partial charge is 0.322 e. The fourth-order valence-electron chi connectivity index (χ4n) is 4.00. The third-order valence-electron chi connectivity index (χ3n) is 5.61. The maximum Gasteiger partial charge on any atom is 0.322 e. The van der Waals surface area contributed by atoms with Crippen molar-refractivity contribution < 1.29 is 9.21 Å². The van der Waals surface area contributed by atoms with Crippen LogP contribution in [0.2, 0.25) is 0 Å². The first-order valence-corrected chi connectivity index (χ1v) is 10.3. The molecule has 5 nitrogen and oxygen atoms in total. The molecular formula is C25H23N3O2. The predicted molar refractivity (Wildman–Crippen MR) is 118 cm³/mol. The summed E-state index contributed by atoms with van der Waals surface area (Å²) >= 11 is 0. The van der Waals surface area contributed by atoms with E-state index >= 15 is 0 Å². The van der Waals surface area contributed by atoms with Gasteiger partial charge < -0.3 is 14.6 Å². The van der Waals surface area contributed by atoms with Crippen molar-refractivity contribution in [2.75, 3.05) is 11.9 Å². The van der Waals surface area contributed by atoms with Gasteiger partial charge in [0.2, 0.25) is 5.89 Å². The van der Waals surface area contributed by atoms with Crippen molar-refractivity contribution in [1.82, 2.24) is 9.88 Å². The molecule has 2 amide bonds. The Hall–Kier alpha value is -3.60. The number of urea groups is 1. The maximum atomic E-state index is 12.9. The lowest BCUT2D eigenvalue weighted by Gasteiger charge is -2.22. The van der Waals surface area contributed by atoms with E-state index in [4.69, 9.17) is 9.40 Å². The van der Waals surface area contributed by atoms with E-state index in [9.17, 15) is 4.79 Å². The van der Waals surface area contributed by atoms with Crippen LogP contribution in [0.15, 0.2) is 77.2 Å². The molecule has 0 saturated carbocycles. The van der Waals surface area contributed by atoms with E-state index in [1.165, 1.54) is 0 Å². The zero-order valence-corrected chi connectivity index (χ0v) is 16.8. The number of hydrogen-bond acceptors (Lipinski definition) is 3. The minimum absolute atomic E-state index is 0.117. The Bertz CT molecular complexity index is 1180. The van der Waals surface area contributed by atoms with Crippen LogP contribution in [-0.2, 0) is 0 Å². The van der Waals surface area contributed by atoms with Crippen molar-refractivity contribution in [2.45, 2.75) is 25.8 Å². The molecule has 3 aromatic carbocycles. The summed E-state index contributed by atoms with van der Waals surface area (Å²) < 4.78 is 6.06. The molecule has 1 aromatic heterocycles. The fraction of sp³-hybridized carbons (Fsp3) is 0.200. The van der Waals surface area contributed by atoms with Gasteiger partial charge >= 0.3 is 6.03 Å². The largest absolute Gasteiger partial charge is 0.438 e. The molecule has 0 bridgehead atoms. The van der Waals surface area contributed by atoms with Gasteiger partial charge in [-0.3, -0.25) is 0 Å². The predicted octanol–water partition coefficient (Wildman–Crippen LogP) is 6.17. The van der Waals surface area contributed by atoms with E-state index in [1.807, 2.05) is 72.5 Å². The fourth-order valence-corrected chi connectivity index (χ4v) is 4.00. The van der Waals surface area contributed by atoms with E-state index in [0.717, 1.165) is 46.3 Å². The van der Waals surface area contributed by atoms with E-state index in [0.29, 0.717) is 12.4 Å². The van der Waals surface area contributed by atoms with Gasteiger partial charge in [0, 0.05) is 12.2 Å². The van der Waals surface area contributed by atoms with Crippen LogP contribution >= 0.6 is 0 Å². The first kappa shape index (κ1) is 18.4. The average Bonchev–Trinajstić information content (AvgIpc) is 3.42. The molecule has 0 radical (unpaired) electrons. The van der Waals surface area contributed by atoms with E-state index < -0.39 is 0 Å². The Morgan fingerprint density at radius 1 is 1.03 bits per heavy atom. The van der Waals surface area contributed by atoms with Crippen LogP contribution in [0.4, 0.5) is 10.5 Å². The number of nitrogens with one attached hydrogen (secondary N) is 1. The lowest BCUT2D eigenvalue weighted by atomic mass is 10.1. The van der Waals surface area contributed by atoms with E-state index in [-0.39, 0.29) is 12.1 Å². The maximum absolute atomic E-state index is 12.9. The summed E-state index contributed by atoms with van der Waals surface area (Å²) in [4.78, 5) is 19.4. The number of hydrogen-bond donors (Lipinski definition) is 1. The van der Waals surface area contributed by atoms with Gasteiger partial charge in [0.05, 0.1) is 0 Å². The van der Waals surface area contributed by atoms with Crippen LogP contribution in [0.1, 0.15) is 30.3 Å². The van der Waals surface area contributed by atoms with Crippen molar-refractivity contribution in [1.29, 1.82) is 0 Å². The summed E-state index contributed by atoms with van der Waals surface area (Å²) in [5.41, 5.74) is 5.76. The molecule has 5 rings (SSSR count). The normalized spacial score (nSPS) is 16.2. The number of benzene rings is 3. The highest BCUT2D eigenvalue weighted by molar-refractivity contribution is 5.90. The lowest BCUT2D eigenvalue weighted by molar-refractivity contribution is 0.199. The molecule has 1 aliphatic rings. The number of aromatic nitrogens is 1. The summed E-state index contributed by atoms with van der Waals surface area (Å²) in [7, 11) is 0. The number of carbonyl (C=O) groups is 1. The quantitative estimate of drug-likeness (QED) is 0.449. The standard InChI is InChI=1S/C25H23N3O2/c1-17-9-12-20(13-10-17)26-25(29)28-15-5-8-22(28)24-27-21-16-19(11-14-23(21)30-24)18-6-3-2-4-7-18/h2-4,6-7,9-14,16,22H,5,8,15H2,1H3,(H,26,29). The number of fused-ring (bicyclic) bond motifs is 1.